The van der Waals surface area contributed by atoms with Crippen molar-refractivity contribution < 1.29 is 4.79 Å². The minimum atomic E-state index is -0.0662. The number of benzene rings is 1. The van der Waals surface area contributed by atoms with E-state index in [4.69, 9.17) is 0 Å². The van der Waals surface area contributed by atoms with E-state index in [-0.39, 0.29) is 5.91 Å². The van der Waals surface area contributed by atoms with Gasteiger partial charge >= 0.3 is 0 Å². The zero-order valence-electron chi connectivity index (χ0n) is 15.2. The quantitative estimate of drug-likeness (QED) is 0.667. The molecule has 0 bridgehead atoms. The lowest BCUT2D eigenvalue weighted by Gasteiger charge is -2.09. The highest BCUT2D eigenvalue weighted by atomic mass is 16.1. The predicted octanol–water partition coefficient (Wildman–Crippen LogP) is 2.43. The molecule has 0 spiro atoms. The first kappa shape index (κ1) is 17.6. The van der Waals surface area contributed by atoms with E-state index in [9.17, 15) is 4.79 Å². The number of carbonyl (C=O) groups is 1. The summed E-state index contributed by atoms with van der Waals surface area (Å²) in [7, 11) is 0. The van der Waals surface area contributed by atoms with Crippen molar-refractivity contribution in [2.24, 2.45) is 0 Å². The summed E-state index contributed by atoms with van der Waals surface area (Å²) < 4.78 is 1.68. The lowest BCUT2D eigenvalue weighted by Crippen LogP contribution is -2.29. The first-order chi connectivity index (χ1) is 12.5. The van der Waals surface area contributed by atoms with Crippen LogP contribution in [0.25, 0.3) is 5.82 Å². The number of nitrogens with one attached hydrogen (secondary N) is 2. The van der Waals surface area contributed by atoms with Gasteiger partial charge in [0, 0.05) is 24.8 Å². The van der Waals surface area contributed by atoms with Gasteiger partial charge in [-0.05, 0) is 50.6 Å². The fourth-order valence-corrected chi connectivity index (χ4v) is 2.53. The molecule has 1 aromatic carbocycles. The summed E-state index contributed by atoms with van der Waals surface area (Å²) in [6.07, 6.45) is 1.84. The van der Waals surface area contributed by atoms with E-state index in [0.29, 0.717) is 30.3 Å². The molecule has 0 aliphatic rings. The van der Waals surface area contributed by atoms with Crippen molar-refractivity contribution in [2.45, 2.75) is 20.8 Å². The Morgan fingerprint density at radius 2 is 1.88 bits per heavy atom. The van der Waals surface area contributed by atoms with E-state index in [2.05, 4.69) is 25.9 Å². The van der Waals surface area contributed by atoms with Crippen LogP contribution in [0.1, 0.15) is 27.2 Å². The van der Waals surface area contributed by atoms with Gasteiger partial charge in [0.2, 0.25) is 0 Å². The van der Waals surface area contributed by atoms with Crippen molar-refractivity contribution in [2.75, 3.05) is 18.4 Å². The van der Waals surface area contributed by atoms with Crippen LogP contribution in [-0.2, 0) is 0 Å². The molecule has 0 aliphatic carbocycles. The van der Waals surface area contributed by atoms with Gasteiger partial charge in [0.1, 0.15) is 5.82 Å². The molecule has 134 valence electrons. The third-order valence-corrected chi connectivity index (χ3v) is 3.96. The topological polar surface area (TPSA) is 84.7 Å². The molecule has 26 heavy (non-hydrogen) atoms. The molecule has 0 saturated heterocycles. The monoisotopic (exact) mass is 350 g/mol. The highest BCUT2D eigenvalue weighted by molar-refractivity contribution is 5.95. The van der Waals surface area contributed by atoms with Gasteiger partial charge in [-0.15, -0.1) is 10.2 Å². The smallest absolute Gasteiger partial charge is 0.251 e. The molecule has 0 aliphatic heterocycles. The molecular weight excluding hydrogens is 328 g/mol. The molecule has 7 heteroatoms. The maximum atomic E-state index is 12.3. The highest BCUT2D eigenvalue weighted by Gasteiger charge is 2.08. The van der Waals surface area contributed by atoms with E-state index in [0.717, 1.165) is 16.8 Å². The SMILES string of the molecule is Cc1ccc(C)c(C(=O)NCCNc2ccc(-n3ccc(C)n3)nn2)c1. The van der Waals surface area contributed by atoms with Crippen molar-refractivity contribution in [1.29, 1.82) is 0 Å². The summed E-state index contributed by atoms with van der Waals surface area (Å²) >= 11 is 0. The Hall–Kier alpha value is -3.22. The van der Waals surface area contributed by atoms with Crippen LogP contribution < -0.4 is 10.6 Å². The summed E-state index contributed by atoms with van der Waals surface area (Å²) in [4.78, 5) is 12.3. The van der Waals surface area contributed by atoms with Gasteiger partial charge in [-0.2, -0.15) is 5.10 Å². The molecule has 3 aromatic rings. The molecule has 0 atom stereocenters. The summed E-state index contributed by atoms with van der Waals surface area (Å²) in [6.45, 7) is 6.89. The van der Waals surface area contributed by atoms with Crippen molar-refractivity contribution in [3.05, 3.63) is 65.0 Å². The number of hydrogen-bond donors (Lipinski definition) is 2. The Kier molecular flexibility index (Phi) is 5.26. The number of anilines is 1. The highest BCUT2D eigenvalue weighted by Crippen LogP contribution is 2.10. The third kappa shape index (κ3) is 4.24. The second-order valence-corrected chi connectivity index (χ2v) is 6.18. The predicted molar refractivity (Wildman–Crippen MR) is 101 cm³/mol. The number of aryl methyl sites for hydroxylation is 3. The van der Waals surface area contributed by atoms with Crippen LogP contribution in [0.3, 0.4) is 0 Å². The molecule has 1 amide bonds. The molecule has 0 saturated carbocycles. The standard InChI is InChI=1S/C19H22N6O/c1-13-4-5-14(2)16(12-13)19(26)21-10-9-20-17-6-7-18(23-22-17)25-11-8-15(3)24-25/h4-8,11-12H,9-10H2,1-3H3,(H,20,22)(H,21,26). The zero-order chi connectivity index (χ0) is 18.5. The number of hydrogen-bond acceptors (Lipinski definition) is 5. The Labute approximate surface area is 152 Å². The largest absolute Gasteiger partial charge is 0.367 e. The Morgan fingerprint density at radius 1 is 1.04 bits per heavy atom. The van der Waals surface area contributed by atoms with Gasteiger partial charge in [0.15, 0.2) is 5.82 Å². The summed E-state index contributed by atoms with van der Waals surface area (Å²) in [5.41, 5.74) is 3.68. The molecule has 2 aromatic heterocycles. The fraction of sp³-hybridized carbons (Fsp3) is 0.263. The van der Waals surface area contributed by atoms with Crippen LogP contribution in [0.2, 0.25) is 0 Å². The number of nitrogens with zero attached hydrogens (tertiary/aromatic N) is 4. The maximum Gasteiger partial charge on any atom is 0.251 e. The van der Waals surface area contributed by atoms with Crippen LogP contribution in [0, 0.1) is 20.8 Å². The number of carbonyl (C=O) groups excluding carboxylic acids is 1. The van der Waals surface area contributed by atoms with E-state index >= 15 is 0 Å². The molecular formula is C19H22N6O. The van der Waals surface area contributed by atoms with Gasteiger partial charge < -0.3 is 10.6 Å². The fourth-order valence-electron chi connectivity index (χ4n) is 2.53. The van der Waals surface area contributed by atoms with Crippen LogP contribution >= 0.6 is 0 Å². The van der Waals surface area contributed by atoms with E-state index in [1.165, 1.54) is 0 Å². The molecule has 0 radical (unpaired) electrons. The second-order valence-electron chi connectivity index (χ2n) is 6.18. The molecule has 2 N–H and O–H groups in total. The number of rotatable bonds is 6. The van der Waals surface area contributed by atoms with Crippen molar-refractivity contribution in [1.82, 2.24) is 25.3 Å². The maximum absolute atomic E-state index is 12.3. The first-order valence-corrected chi connectivity index (χ1v) is 8.48. The van der Waals surface area contributed by atoms with Gasteiger partial charge in [0.05, 0.1) is 5.69 Å². The Balaban J connectivity index is 1.49. The van der Waals surface area contributed by atoms with Crippen LogP contribution in [0.15, 0.2) is 42.6 Å². The van der Waals surface area contributed by atoms with Gasteiger partial charge in [0.25, 0.3) is 5.91 Å². The van der Waals surface area contributed by atoms with E-state index in [1.807, 2.05) is 63.4 Å². The number of aromatic nitrogens is 4. The molecule has 3 rings (SSSR count). The van der Waals surface area contributed by atoms with E-state index in [1.54, 1.807) is 4.68 Å². The summed E-state index contributed by atoms with van der Waals surface area (Å²) in [5.74, 6) is 1.24. The minimum Gasteiger partial charge on any atom is -0.367 e. The number of amides is 1. The van der Waals surface area contributed by atoms with E-state index < -0.39 is 0 Å². The molecule has 0 fully saturated rings. The first-order valence-electron chi connectivity index (χ1n) is 8.48. The third-order valence-electron chi connectivity index (χ3n) is 3.96. The van der Waals surface area contributed by atoms with Crippen molar-refractivity contribution in [3.63, 3.8) is 0 Å². The van der Waals surface area contributed by atoms with Crippen LogP contribution in [-0.4, -0.2) is 39.0 Å². The van der Waals surface area contributed by atoms with Gasteiger partial charge in [-0.25, -0.2) is 4.68 Å². The average Bonchev–Trinajstić information content (AvgIpc) is 3.07. The summed E-state index contributed by atoms with van der Waals surface area (Å²) in [5, 5.41) is 18.6. The van der Waals surface area contributed by atoms with Crippen LogP contribution in [0.4, 0.5) is 5.82 Å². The summed E-state index contributed by atoms with van der Waals surface area (Å²) in [6, 6.07) is 11.5. The minimum absolute atomic E-state index is 0.0662. The molecule has 2 heterocycles. The molecule has 0 unspecified atom stereocenters. The zero-order valence-corrected chi connectivity index (χ0v) is 15.2. The van der Waals surface area contributed by atoms with Crippen molar-refractivity contribution in [3.8, 4) is 5.82 Å². The lowest BCUT2D eigenvalue weighted by atomic mass is 10.1. The van der Waals surface area contributed by atoms with Crippen molar-refractivity contribution >= 4 is 11.7 Å². The van der Waals surface area contributed by atoms with Crippen LogP contribution in [0.5, 0.6) is 0 Å². The molecule has 7 nitrogen and oxygen atoms in total. The average molecular weight is 350 g/mol. The normalized spacial score (nSPS) is 10.6. The van der Waals surface area contributed by atoms with Gasteiger partial charge in [-0.3, -0.25) is 4.79 Å². The Morgan fingerprint density at radius 3 is 2.58 bits per heavy atom. The Bertz CT molecular complexity index is 901. The lowest BCUT2D eigenvalue weighted by molar-refractivity contribution is 0.0954. The van der Waals surface area contributed by atoms with Gasteiger partial charge in [-0.1, -0.05) is 17.7 Å². The second kappa shape index (κ2) is 7.77.